The van der Waals surface area contributed by atoms with E-state index in [1.807, 2.05) is 11.0 Å². The molecule has 2 N–H and O–H groups in total. The first-order valence-corrected chi connectivity index (χ1v) is 9.01. The van der Waals surface area contributed by atoms with Gasteiger partial charge in [0.25, 0.3) is 5.91 Å². The lowest BCUT2D eigenvalue weighted by Crippen LogP contribution is -2.39. The zero-order valence-electron chi connectivity index (χ0n) is 14.6. The van der Waals surface area contributed by atoms with Crippen LogP contribution in [-0.4, -0.2) is 40.6 Å². The van der Waals surface area contributed by atoms with Crippen LogP contribution < -0.4 is 5.32 Å². The van der Waals surface area contributed by atoms with Gasteiger partial charge in [0, 0.05) is 43.9 Å². The Morgan fingerprint density at radius 3 is 2.88 bits per heavy atom. The first-order chi connectivity index (χ1) is 12.2. The molecule has 0 radical (unpaired) electrons. The van der Waals surface area contributed by atoms with Gasteiger partial charge in [-0.3, -0.25) is 9.89 Å². The molecule has 1 amide bonds. The number of hydrogen-bond donors (Lipinski definition) is 2. The number of aromatic nitrogens is 2. The first kappa shape index (κ1) is 18.9. The molecule has 0 aliphatic carbocycles. The summed E-state index contributed by atoms with van der Waals surface area (Å²) in [4.78, 5) is 14.7. The highest BCUT2D eigenvalue weighted by atomic mass is 35.5. The number of nitrogens with zero attached hydrogens (tertiary/aromatic N) is 2. The highest BCUT2D eigenvalue weighted by molar-refractivity contribution is 5.94. The Morgan fingerprint density at radius 1 is 1.31 bits per heavy atom. The molecule has 1 saturated heterocycles. The number of aromatic amines is 1. The summed E-state index contributed by atoms with van der Waals surface area (Å²) < 4.78 is 13.3. The number of H-pyrrole nitrogens is 1. The molecule has 1 fully saturated rings. The van der Waals surface area contributed by atoms with Gasteiger partial charge in [0.15, 0.2) is 5.69 Å². The van der Waals surface area contributed by atoms with E-state index in [0.717, 1.165) is 62.1 Å². The number of piperidine rings is 1. The Kier molecular flexibility index (Phi) is 5.94. The number of likely N-dealkylation sites (tertiary alicyclic amines) is 1. The molecule has 140 valence electrons. The van der Waals surface area contributed by atoms with Crippen molar-refractivity contribution in [3.8, 4) is 0 Å². The van der Waals surface area contributed by atoms with Crippen molar-refractivity contribution in [3.63, 3.8) is 0 Å². The molecular formula is C19H24ClFN4O. The quantitative estimate of drug-likeness (QED) is 0.863. The normalized spacial score (nSPS) is 17.5. The van der Waals surface area contributed by atoms with Crippen LogP contribution >= 0.6 is 12.4 Å². The van der Waals surface area contributed by atoms with E-state index in [-0.39, 0.29) is 24.1 Å². The van der Waals surface area contributed by atoms with Crippen molar-refractivity contribution in [1.82, 2.24) is 20.4 Å². The lowest BCUT2D eigenvalue weighted by atomic mass is 9.90. The average molecular weight is 379 g/mol. The third-order valence-electron chi connectivity index (χ3n) is 5.32. The molecule has 0 atom stereocenters. The van der Waals surface area contributed by atoms with Gasteiger partial charge in [0.05, 0.1) is 0 Å². The van der Waals surface area contributed by atoms with E-state index in [4.69, 9.17) is 0 Å². The van der Waals surface area contributed by atoms with E-state index in [1.54, 1.807) is 12.1 Å². The molecule has 4 rings (SSSR count). The van der Waals surface area contributed by atoms with E-state index in [1.165, 1.54) is 6.07 Å². The summed E-state index contributed by atoms with van der Waals surface area (Å²) in [5, 5.41) is 10.6. The van der Waals surface area contributed by atoms with E-state index in [9.17, 15) is 9.18 Å². The average Bonchev–Trinajstić information content (AvgIpc) is 3.06. The van der Waals surface area contributed by atoms with Crippen LogP contribution in [0.5, 0.6) is 0 Å². The minimum absolute atomic E-state index is 0. The van der Waals surface area contributed by atoms with Gasteiger partial charge in [0.2, 0.25) is 0 Å². The molecule has 0 spiro atoms. The van der Waals surface area contributed by atoms with Gasteiger partial charge in [-0.2, -0.15) is 5.10 Å². The van der Waals surface area contributed by atoms with E-state index < -0.39 is 0 Å². The number of hydrogen-bond acceptors (Lipinski definition) is 3. The van der Waals surface area contributed by atoms with Crippen molar-refractivity contribution in [3.05, 3.63) is 52.6 Å². The number of benzene rings is 1. The molecule has 1 aromatic heterocycles. The van der Waals surface area contributed by atoms with Gasteiger partial charge < -0.3 is 10.2 Å². The highest BCUT2D eigenvalue weighted by Crippen LogP contribution is 2.24. The van der Waals surface area contributed by atoms with E-state index >= 15 is 0 Å². The third kappa shape index (κ3) is 3.91. The summed E-state index contributed by atoms with van der Waals surface area (Å²) in [6, 6.07) is 6.83. The topological polar surface area (TPSA) is 61.0 Å². The standard InChI is InChI=1S/C19H23FN4O.ClH/c20-15-3-1-2-14(11-15)10-13-5-8-24(9-6-13)19(25)18-16-12-21-7-4-17(16)22-23-18;/h1-3,11,13,21H,4-10,12H2,(H,22,23);1H. The van der Waals surface area contributed by atoms with E-state index in [2.05, 4.69) is 15.5 Å². The summed E-state index contributed by atoms with van der Waals surface area (Å²) in [5.74, 6) is 0.355. The Balaban J connectivity index is 0.00000196. The Morgan fingerprint density at radius 2 is 2.12 bits per heavy atom. The van der Waals surface area contributed by atoms with Crippen molar-refractivity contribution in [2.45, 2.75) is 32.2 Å². The van der Waals surface area contributed by atoms with Gasteiger partial charge in [-0.1, -0.05) is 12.1 Å². The molecule has 0 bridgehead atoms. The summed E-state index contributed by atoms with van der Waals surface area (Å²) in [5.41, 5.74) is 3.73. The fraction of sp³-hybridized carbons (Fsp3) is 0.474. The summed E-state index contributed by atoms with van der Waals surface area (Å²) in [6.45, 7) is 3.12. The lowest BCUT2D eigenvalue weighted by molar-refractivity contribution is 0.0683. The molecular weight excluding hydrogens is 355 g/mol. The van der Waals surface area contributed by atoms with Crippen LogP contribution in [0.15, 0.2) is 24.3 Å². The molecule has 5 nitrogen and oxygen atoms in total. The monoisotopic (exact) mass is 378 g/mol. The number of halogens is 2. The predicted molar refractivity (Wildman–Crippen MR) is 100.0 cm³/mol. The number of fused-ring (bicyclic) bond motifs is 1. The van der Waals surface area contributed by atoms with Crippen molar-refractivity contribution in [1.29, 1.82) is 0 Å². The fourth-order valence-electron chi connectivity index (χ4n) is 3.89. The highest BCUT2D eigenvalue weighted by Gasteiger charge is 2.28. The first-order valence-electron chi connectivity index (χ1n) is 9.01. The SMILES string of the molecule is Cl.O=C(c1n[nH]c2c1CNCC2)N1CCC(Cc2cccc(F)c2)CC1. The number of rotatable bonds is 3. The third-order valence-corrected chi connectivity index (χ3v) is 5.32. The molecule has 0 saturated carbocycles. The lowest BCUT2D eigenvalue weighted by Gasteiger charge is -2.32. The molecule has 2 aromatic rings. The van der Waals surface area contributed by atoms with Crippen LogP contribution in [0.3, 0.4) is 0 Å². The summed E-state index contributed by atoms with van der Waals surface area (Å²) >= 11 is 0. The molecule has 3 heterocycles. The van der Waals surface area contributed by atoms with Crippen LogP contribution in [-0.2, 0) is 19.4 Å². The maximum atomic E-state index is 13.3. The Bertz CT molecular complexity index is 771. The second kappa shape index (κ2) is 8.18. The van der Waals surface area contributed by atoms with Crippen LogP contribution in [0.4, 0.5) is 4.39 Å². The maximum absolute atomic E-state index is 13.3. The van der Waals surface area contributed by atoms with Crippen molar-refractivity contribution in [2.24, 2.45) is 5.92 Å². The molecule has 2 aliphatic heterocycles. The van der Waals surface area contributed by atoms with Gasteiger partial charge in [-0.15, -0.1) is 12.4 Å². The van der Waals surface area contributed by atoms with Crippen LogP contribution in [0.2, 0.25) is 0 Å². The van der Waals surface area contributed by atoms with Crippen LogP contribution in [0.1, 0.15) is 40.2 Å². The zero-order chi connectivity index (χ0) is 17.2. The van der Waals surface area contributed by atoms with Crippen molar-refractivity contribution < 1.29 is 9.18 Å². The number of amides is 1. The molecule has 7 heteroatoms. The van der Waals surface area contributed by atoms with Crippen LogP contribution in [0.25, 0.3) is 0 Å². The molecule has 0 unspecified atom stereocenters. The number of carbonyl (C=O) groups excluding carboxylic acids is 1. The van der Waals surface area contributed by atoms with E-state index in [0.29, 0.717) is 18.2 Å². The minimum Gasteiger partial charge on any atom is -0.337 e. The fourth-order valence-corrected chi connectivity index (χ4v) is 3.89. The molecule has 26 heavy (non-hydrogen) atoms. The summed E-state index contributed by atoms with van der Waals surface area (Å²) in [6.07, 6.45) is 3.67. The zero-order valence-corrected chi connectivity index (χ0v) is 15.4. The molecule has 1 aromatic carbocycles. The Hall–Kier alpha value is -1.92. The largest absolute Gasteiger partial charge is 0.337 e. The smallest absolute Gasteiger partial charge is 0.274 e. The Labute approximate surface area is 158 Å². The molecule has 2 aliphatic rings. The second-order valence-corrected chi connectivity index (χ2v) is 7.03. The second-order valence-electron chi connectivity index (χ2n) is 7.03. The summed E-state index contributed by atoms with van der Waals surface area (Å²) in [7, 11) is 0. The predicted octanol–water partition coefficient (Wildman–Crippen LogP) is 2.71. The van der Waals surface area contributed by atoms with Gasteiger partial charge in [0.1, 0.15) is 5.82 Å². The minimum atomic E-state index is -0.179. The van der Waals surface area contributed by atoms with Crippen LogP contribution in [0, 0.1) is 11.7 Å². The number of carbonyl (C=O) groups is 1. The van der Waals surface area contributed by atoms with Crippen molar-refractivity contribution >= 4 is 18.3 Å². The van der Waals surface area contributed by atoms with Gasteiger partial charge in [-0.25, -0.2) is 4.39 Å². The van der Waals surface area contributed by atoms with Crippen molar-refractivity contribution in [2.75, 3.05) is 19.6 Å². The van der Waals surface area contributed by atoms with Gasteiger partial charge in [-0.05, 0) is 42.9 Å². The van der Waals surface area contributed by atoms with Gasteiger partial charge >= 0.3 is 0 Å². The number of nitrogens with one attached hydrogen (secondary N) is 2. The maximum Gasteiger partial charge on any atom is 0.274 e.